The van der Waals surface area contributed by atoms with Gasteiger partial charge >= 0.3 is 0 Å². The largest absolute Gasteiger partial charge is 0.382 e. The third-order valence-corrected chi connectivity index (χ3v) is 7.42. The van der Waals surface area contributed by atoms with Gasteiger partial charge in [0.25, 0.3) is 0 Å². The van der Waals surface area contributed by atoms with Gasteiger partial charge in [0.1, 0.15) is 4.83 Å². The van der Waals surface area contributed by atoms with E-state index in [4.69, 9.17) is 4.74 Å². The number of anilines is 1. The summed E-state index contributed by atoms with van der Waals surface area (Å²) in [4.78, 5) is 10.1. The Kier molecular flexibility index (Phi) is 4.40. The van der Waals surface area contributed by atoms with Crippen molar-refractivity contribution >= 4 is 27.2 Å². The maximum atomic E-state index is 5.50. The van der Waals surface area contributed by atoms with Crippen LogP contribution in [0.5, 0.6) is 0 Å². The highest BCUT2D eigenvalue weighted by Crippen LogP contribution is 2.40. The SMILES string of the molecule is c1cc(N[C@H]2CC[C@H](N3CCOCC3)CC2)c2c3c(sc2n1)CCC3. The maximum Gasteiger partial charge on any atom is 0.125 e. The Labute approximate surface area is 153 Å². The van der Waals surface area contributed by atoms with Crippen molar-refractivity contribution in [3.63, 3.8) is 0 Å². The highest BCUT2D eigenvalue weighted by molar-refractivity contribution is 7.19. The molecule has 1 aliphatic heterocycles. The Morgan fingerprint density at radius 3 is 2.80 bits per heavy atom. The summed E-state index contributed by atoms with van der Waals surface area (Å²) in [5.41, 5.74) is 2.91. The zero-order chi connectivity index (χ0) is 16.6. The molecule has 5 heteroatoms. The van der Waals surface area contributed by atoms with Crippen molar-refractivity contribution in [3.8, 4) is 0 Å². The lowest BCUT2D eigenvalue weighted by molar-refractivity contribution is 0.00791. The summed E-state index contributed by atoms with van der Waals surface area (Å²) in [5.74, 6) is 0. The van der Waals surface area contributed by atoms with E-state index in [-0.39, 0.29) is 0 Å². The molecule has 2 aromatic heterocycles. The van der Waals surface area contributed by atoms with Gasteiger partial charge < -0.3 is 10.1 Å². The Balaban J connectivity index is 1.28. The van der Waals surface area contributed by atoms with Crippen LogP contribution in [0, 0.1) is 0 Å². The van der Waals surface area contributed by atoms with Gasteiger partial charge in [-0.15, -0.1) is 11.3 Å². The monoisotopic (exact) mass is 357 g/mol. The minimum atomic E-state index is 0.611. The van der Waals surface area contributed by atoms with Gasteiger partial charge in [-0.3, -0.25) is 4.90 Å². The van der Waals surface area contributed by atoms with Gasteiger partial charge in [0.05, 0.1) is 13.2 Å². The number of nitrogens with zero attached hydrogens (tertiary/aromatic N) is 2. The first kappa shape index (κ1) is 16.0. The fourth-order valence-corrected chi connectivity index (χ4v) is 6.15. The molecule has 2 aromatic rings. The molecule has 0 bridgehead atoms. The summed E-state index contributed by atoms with van der Waals surface area (Å²) in [6.07, 6.45) is 11.0. The normalized spacial score (nSPS) is 27.5. The van der Waals surface area contributed by atoms with E-state index in [2.05, 4.69) is 21.3 Å². The predicted molar refractivity (Wildman–Crippen MR) is 104 cm³/mol. The molecule has 0 spiro atoms. The van der Waals surface area contributed by atoms with E-state index in [1.54, 1.807) is 10.4 Å². The topological polar surface area (TPSA) is 37.4 Å². The van der Waals surface area contributed by atoms with E-state index >= 15 is 0 Å². The molecule has 1 N–H and O–H groups in total. The van der Waals surface area contributed by atoms with Gasteiger partial charge in [-0.05, 0) is 56.6 Å². The van der Waals surface area contributed by atoms with Crippen LogP contribution in [-0.2, 0) is 17.6 Å². The molecule has 3 heterocycles. The van der Waals surface area contributed by atoms with Crippen molar-refractivity contribution in [1.29, 1.82) is 0 Å². The second-order valence-electron chi connectivity index (χ2n) is 7.69. The van der Waals surface area contributed by atoms with Gasteiger partial charge in [0.15, 0.2) is 0 Å². The summed E-state index contributed by atoms with van der Waals surface area (Å²) in [5, 5.41) is 5.31. The standard InChI is InChI=1S/C20H27N3OS/c1-2-16-18(3-1)25-20-19(16)17(8-9-21-20)22-14-4-6-15(7-5-14)23-10-12-24-13-11-23/h8-9,14-15H,1-7,10-13H2,(H,21,22)/t14-,15-. The number of ether oxygens (including phenoxy) is 1. The first-order valence-corrected chi connectivity index (χ1v) is 10.7. The molecule has 0 unspecified atom stereocenters. The van der Waals surface area contributed by atoms with E-state index < -0.39 is 0 Å². The maximum absolute atomic E-state index is 5.50. The molecule has 3 aliphatic rings. The van der Waals surface area contributed by atoms with E-state index in [0.717, 1.165) is 32.3 Å². The number of thiophene rings is 1. The fraction of sp³-hybridized carbons (Fsp3) is 0.650. The average molecular weight is 358 g/mol. The molecule has 134 valence electrons. The van der Waals surface area contributed by atoms with E-state index in [0.29, 0.717) is 6.04 Å². The molecule has 0 atom stereocenters. The highest BCUT2D eigenvalue weighted by Gasteiger charge is 2.28. The molecule has 1 saturated heterocycles. The molecule has 1 saturated carbocycles. The van der Waals surface area contributed by atoms with Crippen LogP contribution in [0.15, 0.2) is 12.3 Å². The Morgan fingerprint density at radius 1 is 1.12 bits per heavy atom. The summed E-state index contributed by atoms with van der Waals surface area (Å²) < 4.78 is 5.50. The number of morpholine rings is 1. The number of nitrogens with one attached hydrogen (secondary N) is 1. The van der Waals surface area contributed by atoms with Crippen molar-refractivity contribution in [3.05, 3.63) is 22.7 Å². The van der Waals surface area contributed by atoms with Crippen LogP contribution in [0.1, 0.15) is 42.5 Å². The number of aromatic nitrogens is 1. The average Bonchev–Trinajstić information content (AvgIpc) is 3.24. The lowest BCUT2D eigenvalue weighted by atomic mass is 9.89. The highest BCUT2D eigenvalue weighted by atomic mass is 32.1. The molecule has 2 fully saturated rings. The summed E-state index contributed by atoms with van der Waals surface area (Å²) >= 11 is 1.91. The van der Waals surface area contributed by atoms with Crippen LogP contribution in [0.25, 0.3) is 10.2 Å². The summed E-state index contributed by atoms with van der Waals surface area (Å²) in [6.45, 7) is 4.07. The van der Waals surface area contributed by atoms with Crippen LogP contribution in [0.4, 0.5) is 5.69 Å². The summed E-state index contributed by atoms with van der Waals surface area (Å²) in [6, 6.07) is 3.58. The van der Waals surface area contributed by atoms with Gasteiger partial charge in [-0.25, -0.2) is 4.98 Å². The quantitative estimate of drug-likeness (QED) is 0.906. The number of hydrogen-bond acceptors (Lipinski definition) is 5. The molecule has 0 radical (unpaired) electrons. The Morgan fingerprint density at radius 2 is 1.96 bits per heavy atom. The predicted octanol–water partition coefficient (Wildman–Crippen LogP) is 3.84. The van der Waals surface area contributed by atoms with Gasteiger partial charge in [0, 0.05) is 47.3 Å². The van der Waals surface area contributed by atoms with Crippen molar-refractivity contribution in [2.75, 3.05) is 31.6 Å². The number of fused-ring (bicyclic) bond motifs is 3. The molecular formula is C20H27N3OS. The van der Waals surface area contributed by atoms with Crippen molar-refractivity contribution in [2.45, 2.75) is 57.0 Å². The van der Waals surface area contributed by atoms with Crippen molar-refractivity contribution in [1.82, 2.24) is 9.88 Å². The Hall–Kier alpha value is -1.17. The van der Waals surface area contributed by atoms with Gasteiger partial charge in [-0.2, -0.15) is 0 Å². The van der Waals surface area contributed by atoms with Crippen LogP contribution >= 0.6 is 11.3 Å². The van der Waals surface area contributed by atoms with Crippen LogP contribution in [-0.4, -0.2) is 48.3 Å². The van der Waals surface area contributed by atoms with Crippen LogP contribution in [0.3, 0.4) is 0 Å². The second-order valence-corrected chi connectivity index (χ2v) is 8.78. The minimum Gasteiger partial charge on any atom is -0.382 e. The number of pyridine rings is 1. The van der Waals surface area contributed by atoms with Crippen molar-refractivity contribution < 1.29 is 4.74 Å². The third kappa shape index (κ3) is 3.07. The first-order chi connectivity index (χ1) is 12.4. The van der Waals surface area contributed by atoms with Crippen LogP contribution < -0.4 is 5.32 Å². The lowest BCUT2D eigenvalue weighted by Gasteiger charge is -2.39. The minimum absolute atomic E-state index is 0.611. The zero-order valence-electron chi connectivity index (χ0n) is 14.8. The van der Waals surface area contributed by atoms with Gasteiger partial charge in [-0.1, -0.05) is 0 Å². The smallest absolute Gasteiger partial charge is 0.125 e. The molecule has 2 aliphatic carbocycles. The molecular weight excluding hydrogens is 330 g/mol. The molecule has 4 nitrogen and oxygen atoms in total. The molecule has 0 amide bonds. The van der Waals surface area contributed by atoms with E-state index in [9.17, 15) is 0 Å². The third-order valence-electron chi connectivity index (χ3n) is 6.22. The molecule has 25 heavy (non-hydrogen) atoms. The zero-order valence-corrected chi connectivity index (χ0v) is 15.6. The molecule has 0 aromatic carbocycles. The number of aryl methyl sites for hydroxylation is 2. The molecule has 5 rings (SSSR count). The lowest BCUT2D eigenvalue weighted by Crippen LogP contribution is -2.46. The number of hydrogen-bond donors (Lipinski definition) is 1. The summed E-state index contributed by atoms with van der Waals surface area (Å²) in [7, 11) is 0. The van der Waals surface area contributed by atoms with Crippen molar-refractivity contribution in [2.24, 2.45) is 0 Å². The van der Waals surface area contributed by atoms with Crippen LogP contribution in [0.2, 0.25) is 0 Å². The van der Waals surface area contributed by atoms with E-state index in [1.165, 1.54) is 60.8 Å². The number of rotatable bonds is 3. The van der Waals surface area contributed by atoms with E-state index in [1.807, 2.05) is 17.5 Å². The second kappa shape index (κ2) is 6.86. The Bertz CT molecular complexity index is 745. The van der Waals surface area contributed by atoms with Gasteiger partial charge in [0.2, 0.25) is 0 Å². The fourth-order valence-electron chi connectivity index (χ4n) is 4.89. The first-order valence-electron chi connectivity index (χ1n) is 9.86.